The second kappa shape index (κ2) is 10.4. The van der Waals surface area contributed by atoms with Crippen molar-refractivity contribution in [3.05, 3.63) is 23.8 Å². The molecule has 2 rings (SSSR count). The number of benzene rings is 1. The average molecular weight is 428 g/mol. The van der Waals surface area contributed by atoms with Crippen LogP contribution in [0.4, 0.5) is 13.6 Å². The first-order chi connectivity index (χ1) is 14.1. The summed E-state index contributed by atoms with van der Waals surface area (Å²) >= 11 is 0. The fourth-order valence-electron chi connectivity index (χ4n) is 3.22. The molecule has 168 valence electrons. The minimum absolute atomic E-state index is 0.0448. The van der Waals surface area contributed by atoms with E-state index in [1.54, 1.807) is 37.8 Å². The zero-order chi connectivity index (χ0) is 22.3. The normalized spacial score (nSPS) is 16.9. The molecule has 0 aromatic heterocycles. The summed E-state index contributed by atoms with van der Waals surface area (Å²) in [5.74, 6) is -0.273. The van der Waals surface area contributed by atoms with Crippen LogP contribution in [-0.4, -0.2) is 55.9 Å². The number of halogens is 2. The van der Waals surface area contributed by atoms with Crippen LogP contribution in [0.25, 0.3) is 0 Å². The van der Waals surface area contributed by atoms with Gasteiger partial charge in [-0.1, -0.05) is 6.07 Å². The molecule has 0 radical (unpaired) electrons. The van der Waals surface area contributed by atoms with Gasteiger partial charge in [0.2, 0.25) is 5.91 Å². The minimum atomic E-state index is -2.95. The number of carbonyl (C=O) groups is 2. The van der Waals surface area contributed by atoms with Crippen LogP contribution in [0, 0.1) is 5.92 Å². The highest BCUT2D eigenvalue weighted by Gasteiger charge is 2.30. The number of amides is 2. The molecule has 1 unspecified atom stereocenters. The molecule has 7 nitrogen and oxygen atoms in total. The van der Waals surface area contributed by atoms with Crippen molar-refractivity contribution in [1.82, 2.24) is 10.2 Å². The van der Waals surface area contributed by atoms with Gasteiger partial charge in [0.05, 0.1) is 13.0 Å². The van der Waals surface area contributed by atoms with Gasteiger partial charge >= 0.3 is 12.7 Å². The van der Waals surface area contributed by atoms with Crippen molar-refractivity contribution in [3.63, 3.8) is 0 Å². The summed E-state index contributed by atoms with van der Waals surface area (Å²) < 4.78 is 39.9. The van der Waals surface area contributed by atoms with E-state index in [1.807, 2.05) is 0 Å². The van der Waals surface area contributed by atoms with Crippen LogP contribution in [0.1, 0.15) is 39.2 Å². The number of likely N-dealkylation sites (tertiary alicyclic amines) is 1. The van der Waals surface area contributed by atoms with Gasteiger partial charge in [-0.2, -0.15) is 8.78 Å². The van der Waals surface area contributed by atoms with Gasteiger partial charge in [-0.05, 0) is 57.7 Å². The zero-order valence-corrected chi connectivity index (χ0v) is 17.9. The molecule has 0 saturated carbocycles. The highest BCUT2D eigenvalue weighted by Crippen LogP contribution is 2.29. The van der Waals surface area contributed by atoms with Crippen molar-refractivity contribution in [3.8, 4) is 11.5 Å². The molecule has 1 N–H and O–H groups in total. The van der Waals surface area contributed by atoms with Gasteiger partial charge in [-0.25, -0.2) is 4.79 Å². The quantitative estimate of drug-likeness (QED) is 0.718. The van der Waals surface area contributed by atoms with Gasteiger partial charge in [-0.15, -0.1) is 0 Å². The van der Waals surface area contributed by atoms with Crippen molar-refractivity contribution in [2.75, 3.05) is 26.7 Å². The Morgan fingerprint density at radius 3 is 2.63 bits per heavy atom. The van der Waals surface area contributed by atoms with Crippen LogP contribution in [0.2, 0.25) is 0 Å². The lowest BCUT2D eigenvalue weighted by atomic mass is 9.97. The van der Waals surface area contributed by atoms with Crippen LogP contribution in [0.3, 0.4) is 0 Å². The largest absolute Gasteiger partial charge is 0.493 e. The number of piperidine rings is 1. The lowest BCUT2D eigenvalue weighted by Crippen LogP contribution is -2.47. The van der Waals surface area contributed by atoms with Gasteiger partial charge in [-0.3, -0.25) is 4.79 Å². The van der Waals surface area contributed by atoms with Crippen LogP contribution in [0.5, 0.6) is 11.5 Å². The Kier molecular flexibility index (Phi) is 8.25. The number of nitrogens with zero attached hydrogens (tertiary/aromatic N) is 1. The maximum absolute atomic E-state index is 12.5. The van der Waals surface area contributed by atoms with E-state index >= 15 is 0 Å². The molecule has 1 aliphatic rings. The van der Waals surface area contributed by atoms with E-state index in [-0.39, 0.29) is 23.3 Å². The molecule has 2 amide bonds. The van der Waals surface area contributed by atoms with Gasteiger partial charge in [0.15, 0.2) is 11.5 Å². The predicted molar refractivity (Wildman–Crippen MR) is 107 cm³/mol. The molecular formula is C21H30F2N2O5. The molecule has 0 aliphatic carbocycles. The number of methoxy groups -OCH3 is 1. The summed E-state index contributed by atoms with van der Waals surface area (Å²) in [6, 6.07) is 4.75. The molecule has 0 spiro atoms. The summed E-state index contributed by atoms with van der Waals surface area (Å²) in [6.07, 6.45) is 1.45. The van der Waals surface area contributed by atoms with E-state index < -0.39 is 18.3 Å². The maximum atomic E-state index is 12.5. The molecule has 1 saturated heterocycles. The Morgan fingerprint density at radius 2 is 2.00 bits per heavy atom. The number of carbonyl (C=O) groups excluding carboxylic acids is 2. The van der Waals surface area contributed by atoms with Gasteiger partial charge in [0.25, 0.3) is 0 Å². The third-order valence-corrected chi connectivity index (χ3v) is 4.60. The second-order valence-corrected chi connectivity index (χ2v) is 8.17. The van der Waals surface area contributed by atoms with Crippen LogP contribution in [0.15, 0.2) is 18.2 Å². The van der Waals surface area contributed by atoms with Gasteiger partial charge in [0.1, 0.15) is 5.60 Å². The number of ether oxygens (including phenoxy) is 3. The second-order valence-electron chi connectivity index (χ2n) is 8.17. The highest BCUT2D eigenvalue weighted by atomic mass is 19.3. The summed E-state index contributed by atoms with van der Waals surface area (Å²) in [4.78, 5) is 26.3. The fraction of sp³-hybridized carbons (Fsp3) is 0.619. The SMILES string of the molecule is COc1ccc(CCNC(=O)C2CCCN(C(=O)OC(C)(C)C)C2)cc1OC(F)F. The zero-order valence-electron chi connectivity index (χ0n) is 17.9. The predicted octanol–water partition coefficient (Wildman–Crippen LogP) is 3.60. The van der Waals surface area contributed by atoms with Crippen molar-refractivity contribution < 1.29 is 32.6 Å². The number of alkyl halides is 2. The Hall–Kier alpha value is -2.58. The summed E-state index contributed by atoms with van der Waals surface area (Å²) in [6.45, 7) is 3.67. The smallest absolute Gasteiger partial charge is 0.410 e. The molecule has 9 heteroatoms. The Morgan fingerprint density at radius 1 is 1.27 bits per heavy atom. The van der Waals surface area contributed by atoms with Gasteiger partial charge < -0.3 is 24.4 Å². The molecular weight excluding hydrogens is 398 g/mol. The lowest BCUT2D eigenvalue weighted by Gasteiger charge is -2.33. The minimum Gasteiger partial charge on any atom is -0.493 e. The van der Waals surface area contributed by atoms with E-state index in [1.165, 1.54) is 13.2 Å². The molecule has 0 bridgehead atoms. The third-order valence-electron chi connectivity index (χ3n) is 4.60. The van der Waals surface area contributed by atoms with Crippen molar-refractivity contribution >= 4 is 12.0 Å². The van der Waals surface area contributed by atoms with E-state index in [4.69, 9.17) is 9.47 Å². The monoisotopic (exact) mass is 428 g/mol. The molecule has 1 aromatic rings. The molecule has 1 aliphatic heterocycles. The first kappa shape index (κ1) is 23.7. The first-order valence-corrected chi connectivity index (χ1v) is 9.96. The number of hydrogen-bond acceptors (Lipinski definition) is 5. The van der Waals surface area contributed by atoms with E-state index in [2.05, 4.69) is 10.1 Å². The number of nitrogens with one attached hydrogen (secondary N) is 1. The topological polar surface area (TPSA) is 77.1 Å². The Balaban J connectivity index is 1.86. The maximum Gasteiger partial charge on any atom is 0.410 e. The molecule has 30 heavy (non-hydrogen) atoms. The highest BCUT2D eigenvalue weighted by molar-refractivity contribution is 5.80. The van der Waals surface area contributed by atoms with Crippen molar-refractivity contribution in [2.24, 2.45) is 5.92 Å². The summed E-state index contributed by atoms with van der Waals surface area (Å²) in [5.41, 5.74) is 0.142. The third kappa shape index (κ3) is 7.35. The van der Waals surface area contributed by atoms with E-state index in [0.29, 0.717) is 32.5 Å². The van der Waals surface area contributed by atoms with Crippen LogP contribution < -0.4 is 14.8 Å². The van der Waals surface area contributed by atoms with Gasteiger partial charge in [0, 0.05) is 19.6 Å². The van der Waals surface area contributed by atoms with Crippen molar-refractivity contribution in [2.45, 2.75) is 52.2 Å². The molecule has 1 aromatic carbocycles. The number of hydrogen-bond donors (Lipinski definition) is 1. The lowest BCUT2D eigenvalue weighted by molar-refractivity contribution is -0.126. The Labute approximate surface area is 175 Å². The summed E-state index contributed by atoms with van der Waals surface area (Å²) in [5, 5.41) is 2.86. The van der Waals surface area contributed by atoms with E-state index in [0.717, 1.165) is 12.0 Å². The fourth-order valence-corrected chi connectivity index (χ4v) is 3.22. The van der Waals surface area contributed by atoms with E-state index in [9.17, 15) is 18.4 Å². The van der Waals surface area contributed by atoms with Crippen LogP contribution in [-0.2, 0) is 16.0 Å². The molecule has 1 heterocycles. The standard InChI is InChI=1S/C21H30F2N2O5/c1-21(2,3)30-20(27)25-11-5-6-15(13-25)18(26)24-10-9-14-7-8-16(28-4)17(12-14)29-19(22)23/h7-8,12,15,19H,5-6,9-11,13H2,1-4H3,(H,24,26). The average Bonchev–Trinajstić information content (AvgIpc) is 2.66. The Bertz CT molecular complexity index is 737. The molecule has 1 atom stereocenters. The summed E-state index contributed by atoms with van der Waals surface area (Å²) in [7, 11) is 1.37. The van der Waals surface area contributed by atoms with Crippen molar-refractivity contribution in [1.29, 1.82) is 0 Å². The van der Waals surface area contributed by atoms with Crippen LogP contribution >= 0.6 is 0 Å². The molecule has 1 fully saturated rings. The number of rotatable bonds is 7. The first-order valence-electron chi connectivity index (χ1n) is 9.96.